The maximum Gasteiger partial charge on any atom is 0.163 e. The molecule has 1 unspecified atom stereocenters. The molecule has 122 valence electrons. The van der Waals surface area contributed by atoms with Crippen molar-refractivity contribution in [3.8, 4) is 11.5 Å². The minimum absolute atomic E-state index is 0.121. The summed E-state index contributed by atoms with van der Waals surface area (Å²) in [5.74, 6) is 1.97. The summed E-state index contributed by atoms with van der Waals surface area (Å²) in [5, 5.41) is 3.55. The van der Waals surface area contributed by atoms with Crippen LogP contribution >= 0.6 is 0 Å². The molecule has 0 fully saturated rings. The van der Waals surface area contributed by atoms with Crippen LogP contribution in [0.2, 0.25) is 0 Å². The highest BCUT2D eigenvalue weighted by Crippen LogP contribution is 2.28. The minimum atomic E-state index is -1.14. The lowest BCUT2D eigenvalue weighted by molar-refractivity contribution is 0.215. The highest BCUT2D eigenvalue weighted by atomic mass is 32.2. The average molecular weight is 325 g/mol. The SMILES string of the molecule is C/C=C/COc1cc(C)c(OCS(=O)CC=NOC)c(C)c1. The first-order valence-corrected chi connectivity index (χ1v) is 8.45. The number of nitrogens with zero attached hydrogens (tertiary/aromatic N) is 1. The summed E-state index contributed by atoms with van der Waals surface area (Å²) in [5.41, 5.74) is 1.91. The molecule has 0 aliphatic heterocycles. The van der Waals surface area contributed by atoms with Crippen molar-refractivity contribution >= 4 is 17.0 Å². The molecule has 0 spiro atoms. The molecule has 5 nitrogen and oxygen atoms in total. The molecule has 0 amide bonds. The van der Waals surface area contributed by atoms with E-state index in [-0.39, 0.29) is 5.94 Å². The van der Waals surface area contributed by atoms with Gasteiger partial charge in [0.15, 0.2) is 5.94 Å². The lowest BCUT2D eigenvalue weighted by Crippen LogP contribution is -2.11. The van der Waals surface area contributed by atoms with E-state index in [0.29, 0.717) is 12.4 Å². The second-order valence-electron chi connectivity index (χ2n) is 4.61. The van der Waals surface area contributed by atoms with Gasteiger partial charge in [0.25, 0.3) is 0 Å². The molecule has 0 N–H and O–H groups in total. The number of allylic oxidation sites excluding steroid dienone is 1. The van der Waals surface area contributed by atoms with Gasteiger partial charge < -0.3 is 14.3 Å². The molecule has 1 rings (SSSR count). The van der Waals surface area contributed by atoms with Gasteiger partial charge in [-0.15, -0.1) is 0 Å². The van der Waals surface area contributed by atoms with E-state index in [1.807, 2.05) is 45.1 Å². The first-order chi connectivity index (χ1) is 10.6. The molecule has 0 bridgehead atoms. The molecule has 1 atom stereocenters. The fraction of sp³-hybridized carbons (Fsp3) is 0.438. The van der Waals surface area contributed by atoms with Crippen LogP contribution in [-0.2, 0) is 15.6 Å². The van der Waals surface area contributed by atoms with E-state index in [1.54, 1.807) is 0 Å². The molecule has 1 aromatic carbocycles. The predicted octanol–water partition coefficient (Wildman–Crippen LogP) is 2.98. The Bertz CT molecular complexity index is 532. The third-order valence-corrected chi connectivity index (χ3v) is 3.69. The summed E-state index contributed by atoms with van der Waals surface area (Å²) in [6.45, 7) is 6.38. The van der Waals surface area contributed by atoms with E-state index >= 15 is 0 Å². The van der Waals surface area contributed by atoms with Crippen molar-refractivity contribution in [2.45, 2.75) is 20.8 Å². The highest BCUT2D eigenvalue weighted by Gasteiger charge is 2.09. The van der Waals surface area contributed by atoms with Crippen molar-refractivity contribution in [3.05, 3.63) is 35.4 Å². The maximum absolute atomic E-state index is 11.8. The first kappa shape index (κ1) is 18.2. The molecule has 0 saturated heterocycles. The minimum Gasteiger partial charge on any atom is -0.490 e. The van der Waals surface area contributed by atoms with Crippen molar-refractivity contribution < 1.29 is 18.5 Å². The lowest BCUT2D eigenvalue weighted by atomic mass is 10.1. The van der Waals surface area contributed by atoms with Crippen LogP contribution in [0, 0.1) is 13.8 Å². The molecule has 0 aromatic heterocycles. The molecule has 0 aliphatic rings. The Hall–Kier alpha value is -1.82. The van der Waals surface area contributed by atoms with E-state index in [2.05, 4.69) is 9.99 Å². The quantitative estimate of drug-likeness (QED) is 0.398. The van der Waals surface area contributed by atoms with Crippen LogP contribution in [-0.4, -0.2) is 35.8 Å². The number of oxime groups is 1. The fourth-order valence-electron chi connectivity index (χ4n) is 1.82. The van der Waals surface area contributed by atoms with Crippen molar-refractivity contribution in [2.75, 3.05) is 25.4 Å². The normalized spacial score (nSPS) is 12.7. The zero-order valence-corrected chi connectivity index (χ0v) is 14.3. The topological polar surface area (TPSA) is 57.1 Å². The van der Waals surface area contributed by atoms with Crippen LogP contribution in [0.1, 0.15) is 18.1 Å². The van der Waals surface area contributed by atoms with Crippen LogP contribution in [0.15, 0.2) is 29.4 Å². The fourth-order valence-corrected chi connectivity index (χ4v) is 2.40. The van der Waals surface area contributed by atoms with Crippen LogP contribution < -0.4 is 9.47 Å². The molecule has 22 heavy (non-hydrogen) atoms. The number of hydrogen-bond acceptors (Lipinski definition) is 5. The Morgan fingerprint density at radius 3 is 2.50 bits per heavy atom. The Morgan fingerprint density at radius 1 is 1.23 bits per heavy atom. The molecule has 0 aliphatic carbocycles. The van der Waals surface area contributed by atoms with Gasteiger partial charge in [-0.25, -0.2) is 0 Å². The van der Waals surface area contributed by atoms with Gasteiger partial charge in [0, 0.05) is 0 Å². The largest absolute Gasteiger partial charge is 0.490 e. The van der Waals surface area contributed by atoms with Crippen LogP contribution in [0.25, 0.3) is 0 Å². The molecular formula is C16H23NO4S. The van der Waals surface area contributed by atoms with Gasteiger partial charge >= 0.3 is 0 Å². The second-order valence-corrected chi connectivity index (χ2v) is 6.05. The van der Waals surface area contributed by atoms with Crippen LogP contribution in [0.4, 0.5) is 0 Å². The number of ether oxygens (including phenoxy) is 2. The zero-order chi connectivity index (χ0) is 16.4. The van der Waals surface area contributed by atoms with Gasteiger partial charge in [-0.2, -0.15) is 0 Å². The molecule has 0 heterocycles. The summed E-state index contributed by atoms with van der Waals surface area (Å²) in [6.07, 6.45) is 5.36. The lowest BCUT2D eigenvalue weighted by Gasteiger charge is -2.13. The molecule has 0 radical (unpaired) electrons. The number of rotatable bonds is 9. The zero-order valence-electron chi connectivity index (χ0n) is 13.5. The molecular weight excluding hydrogens is 302 g/mol. The monoisotopic (exact) mass is 325 g/mol. The second kappa shape index (κ2) is 10.00. The van der Waals surface area contributed by atoms with Crippen molar-refractivity contribution in [3.63, 3.8) is 0 Å². The molecule has 6 heteroatoms. The number of aryl methyl sites for hydroxylation is 2. The van der Waals surface area contributed by atoms with E-state index < -0.39 is 10.8 Å². The van der Waals surface area contributed by atoms with Gasteiger partial charge in [-0.3, -0.25) is 4.21 Å². The van der Waals surface area contributed by atoms with E-state index in [0.717, 1.165) is 22.6 Å². The van der Waals surface area contributed by atoms with E-state index in [4.69, 9.17) is 9.47 Å². The Balaban J connectivity index is 2.63. The summed E-state index contributed by atoms with van der Waals surface area (Å²) in [7, 11) is 0.305. The number of hydrogen-bond donors (Lipinski definition) is 0. The van der Waals surface area contributed by atoms with Gasteiger partial charge in [0.2, 0.25) is 0 Å². The maximum atomic E-state index is 11.8. The Kier molecular flexibility index (Phi) is 8.28. The highest BCUT2D eigenvalue weighted by molar-refractivity contribution is 7.85. The third kappa shape index (κ3) is 6.30. The summed E-state index contributed by atoms with van der Waals surface area (Å²) < 4.78 is 23.1. The van der Waals surface area contributed by atoms with Crippen LogP contribution in [0.3, 0.4) is 0 Å². The number of benzene rings is 1. The summed E-state index contributed by atoms with van der Waals surface area (Å²) >= 11 is 0. The third-order valence-electron chi connectivity index (χ3n) is 2.79. The van der Waals surface area contributed by atoms with Crippen molar-refractivity contribution in [2.24, 2.45) is 5.16 Å². The van der Waals surface area contributed by atoms with Gasteiger partial charge in [-0.1, -0.05) is 17.3 Å². The van der Waals surface area contributed by atoms with Crippen molar-refractivity contribution in [1.29, 1.82) is 0 Å². The van der Waals surface area contributed by atoms with E-state index in [1.165, 1.54) is 13.3 Å². The first-order valence-electron chi connectivity index (χ1n) is 6.96. The summed E-state index contributed by atoms with van der Waals surface area (Å²) in [6, 6.07) is 3.84. The van der Waals surface area contributed by atoms with Crippen molar-refractivity contribution in [1.82, 2.24) is 0 Å². The van der Waals surface area contributed by atoms with Gasteiger partial charge in [0.1, 0.15) is 25.2 Å². The Labute approximate surface area is 134 Å². The average Bonchev–Trinajstić information content (AvgIpc) is 2.47. The smallest absolute Gasteiger partial charge is 0.163 e. The van der Waals surface area contributed by atoms with Gasteiger partial charge in [0.05, 0.1) is 22.8 Å². The van der Waals surface area contributed by atoms with Gasteiger partial charge in [-0.05, 0) is 44.0 Å². The van der Waals surface area contributed by atoms with E-state index in [9.17, 15) is 4.21 Å². The Morgan fingerprint density at radius 2 is 1.91 bits per heavy atom. The molecule has 1 aromatic rings. The standard InChI is InChI=1S/C16H23NO4S/c1-5-6-8-20-15-10-13(2)16(14(3)11-15)21-12-22(18)9-7-17-19-4/h5-7,10-11H,8-9,12H2,1-4H3/b6-5+,17-7?. The van der Waals surface area contributed by atoms with Crippen LogP contribution in [0.5, 0.6) is 11.5 Å². The predicted molar refractivity (Wildman–Crippen MR) is 90.2 cm³/mol. The summed E-state index contributed by atoms with van der Waals surface area (Å²) in [4.78, 5) is 4.52. The molecule has 0 saturated carbocycles.